The average molecular weight is 478 g/mol. The van der Waals surface area contributed by atoms with Gasteiger partial charge in [-0.2, -0.15) is 0 Å². The van der Waals surface area contributed by atoms with Gasteiger partial charge in [0.1, 0.15) is 9.77 Å². The van der Waals surface area contributed by atoms with E-state index in [2.05, 4.69) is 4.72 Å². The minimum Gasteiger partial charge on any atom is -0.493 e. The van der Waals surface area contributed by atoms with Crippen molar-refractivity contribution in [1.29, 1.82) is 0 Å². The Hall–Kier alpha value is -3.24. The fourth-order valence-corrected chi connectivity index (χ4v) is 5.88. The summed E-state index contributed by atoms with van der Waals surface area (Å²) in [6.07, 6.45) is 0. The van der Waals surface area contributed by atoms with E-state index in [1.54, 1.807) is 17.5 Å². The van der Waals surface area contributed by atoms with Crippen molar-refractivity contribution in [1.82, 2.24) is 0 Å². The highest BCUT2D eigenvalue weighted by molar-refractivity contribution is 7.93. The predicted octanol–water partition coefficient (Wildman–Crippen LogP) is 4.34. The number of benzene rings is 2. The maximum Gasteiger partial charge on any atom is 0.349 e. The zero-order valence-electron chi connectivity index (χ0n) is 18.2. The van der Waals surface area contributed by atoms with Gasteiger partial charge in [0.05, 0.1) is 34.1 Å². The number of ether oxygens (including phenoxy) is 4. The number of aryl methyl sites for hydroxylation is 1. The van der Waals surface area contributed by atoms with Crippen LogP contribution in [0.1, 0.15) is 15.2 Å². The summed E-state index contributed by atoms with van der Waals surface area (Å²) in [5.74, 6) is 0.145. The molecular weight excluding hydrogens is 454 g/mol. The fourth-order valence-electron chi connectivity index (χ4n) is 3.13. The Kier molecular flexibility index (Phi) is 6.95. The van der Waals surface area contributed by atoms with Crippen LogP contribution in [0.25, 0.3) is 11.1 Å². The second-order valence-electron chi connectivity index (χ2n) is 6.68. The van der Waals surface area contributed by atoms with Crippen molar-refractivity contribution in [2.45, 2.75) is 11.8 Å². The maximum atomic E-state index is 13.5. The molecule has 0 aliphatic carbocycles. The number of hydrogen-bond acceptors (Lipinski definition) is 8. The summed E-state index contributed by atoms with van der Waals surface area (Å²) in [4.78, 5) is 12.2. The first-order valence-electron chi connectivity index (χ1n) is 9.35. The quantitative estimate of drug-likeness (QED) is 0.482. The third-order valence-corrected chi connectivity index (χ3v) is 7.22. The molecule has 0 amide bonds. The van der Waals surface area contributed by atoms with Crippen LogP contribution in [-0.4, -0.2) is 42.8 Å². The smallest absolute Gasteiger partial charge is 0.349 e. The predicted molar refractivity (Wildman–Crippen MR) is 123 cm³/mol. The molecule has 0 fully saturated rings. The van der Waals surface area contributed by atoms with Crippen LogP contribution in [0.2, 0.25) is 0 Å². The summed E-state index contributed by atoms with van der Waals surface area (Å²) >= 11 is 1.00. The SMILES string of the molecule is COC(=O)c1scc(-c2ccc(C)cc2)c1S(=O)(=O)Nc1cc(OC)c(OC)c(OC)c1. The summed E-state index contributed by atoms with van der Waals surface area (Å²) in [7, 11) is 1.31. The molecule has 0 unspecified atom stereocenters. The number of methoxy groups -OCH3 is 4. The number of carbonyl (C=O) groups excluding carboxylic acids is 1. The number of hydrogen-bond donors (Lipinski definition) is 1. The first-order valence-corrected chi connectivity index (χ1v) is 11.7. The minimum absolute atomic E-state index is 0.0250. The van der Waals surface area contributed by atoms with Crippen LogP contribution in [0.3, 0.4) is 0 Å². The van der Waals surface area contributed by atoms with Gasteiger partial charge in [-0.25, -0.2) is 13.2 Å². The third-order valence-electron chi connectivity index (χ3n) is 4.66. The average Bonchev–Trinajstić information content (AvgIpc) is 3.24. The van der Waals surface area contributed by atoms with Gasteiger partial charge in [0, 0.05) is 23.1 Å². The second kappa shape index (κ2) is 9.49. The Bertz CT molecular complexity index is 1210. The highest BCUT2D eigenvalue weighted by Gasteiger charge is 2.30. The summed E-state index contributed by atoms with van der Waals surface area (Å²) in [5.41, 5.74) is 2.26. The van der Waals surface area contributed by atoms with Gasteiger partial charge in [-0.05, 0) is 12.5 Å². The Morgan fingerprint density at radius 1 is 0.938 bits per heavy atom. The van der Waals surface area contributed by atoms with E-state index in [-0.39, 0.29) is 27.0 Å². The summed E-state index contributed by atoms with van der Waals surface area (Å²) < 4.78 is 50.2. The normalized spacial score (nSPS) is 11.0. The number of rotatable bonds is 8. The topological polar surface area (TPSA) is 100 Å². The Morgan fingerprint density at radius 3 is 2.03 bits per heavy atom. The molecule has 0 atom stereocenters. The molecule has 8 nitrogen and oxygen atoms in total. The Morgan fingerprint density at radius 2 is 1.53 bits per heavy atom. The highest BCUT2D eigenvalue weighted by atomic mass is 32.2. The van der Waals surface area contributed by atoms with Gasteiger partial charge in [0.25, 0.3) is 10.0 Å². The van der Waals surface area contributed by atoms with E-state index < -0.39 is 16.0 Å². The summed E-state index contributed by atoms with van der Waals surface area (Å²) in [6, 6.07) is 10.3. The van der Waals surface area contributed by atoms with Crippen LogP contribution in [-0.2, 0) is 14.8 Å². The van der Waals surface area contributed by atoms with Gasteiger partial charge >= 0.3 is 5.97 Å². The first kappa shape index (κ1) is 23.4. The van der Waals surface area contributed by atoms with Crippen molar-refractivity contribution >= 4 is 33.0 Å². The van der Waals surface area contributed by atoms with E-state index in [0.29, 0.717) is 16.9 Å². The monoisotopic (exact) mass is 477 g/mol. The van der Waals surface area contributed by atoms with Crippen molar-refractivity contribution in [3.8, 4) is 28.4 Å². The lowest BCUT2D eigenvalue weighted by Gasteiger charge is -2.16. The molecule has 170 valence electrons. The van der Waals surface area contributed by atoms with Crippen molar-refractivity contribution in [2.24, 2.45) is 0 Å². The van der Waals surface area contributed by atoms with Crippen LogP contribution >= 0.6 is 11.3 Å². The van der Waals surface area contributed by atoms with Gasteiger partial charge in [0.15, 0.2) is 11.5 Å². The first-order chi connectivity index (χ1) is 15.2. The van der Waals surface area contributed by atoms with Crippen LogP contribution in [0.4, 0.5) is 5.69 Å². The van der Waals surface area contributed by atoms with E-state index >= 15 is 0 Å². The highest BCUT2D eigenvalue weighted by Crippen LogP contribution is 2.42. The molecule has 1 aromatic heterocycles. The van der Waals surface area contributed by atoms with E-state index in [4.69, 9.17) is 18.9 Å². The summed E-state index contributed by atoms with van der Waals surface area (Å²) in [5, 5.41) is 1.63. The van der Waals surface area contributed by atoms with E-state index in [1.807, 2.05) is 19.1 Å². The molecule has 0 saturated carbocycles. The minimum atomic E-state index is -4.21. The van der Waals surface area contributed by atoms with E-state index in [1.165, 1.54) is 40.6 Å². The van der Waals surface area contributed by atoms with Crippen molar-refractivity contribution < 1.29 is 32.2 Å². The molecule has 0 bridgehead atoms. The zero-order chi connectivity index (χ0) is 23.5. The van der Waals surface area contributed by atoms with Gasteiger partial charge in [-0.3, -0.25) is 4.72 Å². The molecule has 0 saturated heterocycles. The summed E-state index contributed by atoms with van der Waals surface area (Å²) in [6.45, 7) is 1.93. The lowest BCUT2D eigenvalue weighted by Crippen LogP contribution is -2.17. The lowest BCUT2D eigenvalue weighted by atomic mass is 10.1. The number of anilines is 1. The number of sulfonamides is 1. The molecule has 10 heteroatoms. The fraction of sp³-hybridized carbons (Fsp3) is 0.227. The zero-order valence-corrected chi connectivity index (χ0v) is 19.8. The molecule has 0 spiro atoms. The molecule has 1 N–H and O–H groups in total. The number of carbonyl (C=O) groups is 1. The van der Waals surface area contributed by atoms with Crippen molar-refractivity contribution in [2.75, 3.05) is 33.2 Å². The second-order valence-corrected chi connectivity index (χ2v) is 9.18. The largest absolute Gasteiger partial charge is 0.493 e. The van der Waals surface area contributed by atoms with E-state index in [9.17, 15) is 13.2 Å². The third kappa shape index (κ3) is 4.51. The molecule has 3 rings (SSSR count). The van der Waals surface area contributed by atoms with Crippen LogP contribution in [0.5, 0.6) is 17.2 Å². The van der Waals surface area contributed by atoms with Gasteiger partial charge in [-0.1, -0.05) is 29.8 Å². The number of esters is 1. The van der Waals surface area contributed by atoms with Crippen molar-refractivity contribution in [3.05, 3.63) is 52.2 Å². The maximum absolute atomic E-state index is 13.5. The number of nitrogens with one attached hydrogen (secondary N) is 1. The van der Waals surface area contributed by atoms with Crippen molar-refractivity contribution in [3.63, 3.8) is 0 Å². The van der Waals surface area contributed by atoms with Gasteiger partial charge < -0.3 is 18.9 Å². The lowest BCUT2D eigenvalue weighted by molar-refractivity contribution is 0.0602. The Balaban J connectivity index is 2.15. The van der Waals surface area contributed by atoms with Gasteiger partial charge in [0.2, 0.25) is 5.75 Å². The molecule has 0 aliphatic heterocycles. The molecule has 2 aromatic carbocycles. The number of thiophene rings is 1. The molecule has 0 aliphatic rings. The standard InChI is InChI=1S/C22H23NO7S2/c1-13-6-8-14(9-7-13)16-12-31-20(22(24)30-5)21(16)32(25,26)23-15-10-17(27-2)19(29-4)18(11-15)28-3/h6-12,23H,1-5H3. The van der Waals surface area contributed by atoms with Crippen LogP contribution < -0.4 is 18.9 Å². The van der Waals surface area contributed by atoms with Crippen LogP contribution in [0, 0.1) is 6.92 Å². The van der Waals surface area contributed by atoms with Crippen LogP contribution in [0.15, 0.2) is 46.7 Å². The van der Waals surface area contributed by atoms with Gasteiger partial charge in [-0.15, -0.1) is 11.3 Å². The molecule has 32 heavy (non-hydrogen) atoms. The Labute approximate surface area is 190 Å². The molecule has 1 heterocycles. The van der Waals surface area contributed by atoms with E-state index in [0.717, 1.165) is 16.9 Å². The molecule has 3 aromatic rings. The molecule has 0 radical (unpaired) electrons. The molecular formula is C22H23NO7S2.